The van der Waals surface area contributed by atoms with Crippen LogP contribution in [0, 0.1) is 5.92 Å². The third-order valence-corrected chi connectivity index (χ3v) is 12.9. The van der Waals surface area contributed by atoms with Crippen molar-refractivity contribution in [2.24, 2.45) is 5.92 Å². The average Bonchev–Trinajstić information content (AvgIpc) is 3.70. The van der Waals surface area contributed by atoms with Crippen LogP contribution in [0.5, 0.6) is 11.5 Å². The van der Waals surface area contributed by atoms with Crippen LogP contribution in [0.25, 0.3) is 33.4 Å². The topological polar surface area (TPSA) is 33.1 Å². The first-order valence-electron chi connectivity index (χ1n) is 22.9. The van der Waals surface area contributed by atoms with Crippen LogP contribution in [0.4, 0.5) is 45.5 Å². The number of nitrogens with zero attached hydrogens (tertiary/aromatic N) is 4. The first-order valence-corrected chi connectivity index (χ1v) is 22.9. The minimum absolute atomic E-state index is 0.166. The van der Waals surface area contributed by atoms with Gasteiger partial charge in [-0.15, -0.1) is 0 Å². The number of fused-ring (bicyclic) bond motifs is 4. The zero-order chi connectivity index (χ0) is 45.3. The minimum Gasteiger partial charge on any atom is -0.497 e. The number of para-hydroxylation sites is 3. The van der Waals surface area contributed by atoms with Crippen LogP contribution in [0.1, 0.15) is 18.2 Å². The number of hydrogen-bond acceptors (Lipinski definition) is 5. The molecule has 0 radical (unpaired) electrons. The molecule has 0 spiro atoms. The Bertz CT molecular complexity index is 3380. The molecular weight excluding hydrogens is 821 g/mol. The van der Waals surface area contributed by atoms with E-state index in [0.717, 1.165) is 74.6 Å². The maximum absolute atomic E-state index is 5.77. The fraction of sp³-hybridized carbons (Fsp3) is 0.0820. The number of methoxy groups -OCH3 is 2. The van der Waals surface area contributed by atoms with Crippen molar-refractivity contribution in [3.05, 3.63) is 241 Å². The van der Waals surface area contributed by atoms with E-state index in [1.807, 2.05) is 12.1 Å². The second-order valence-electron chi connectivity index (χ2n) is 17.0. The van der Waals surface area contributed by atoms with Gasteiger partial charge in [0.2, 0.25) is 0 Å². The van der Waals surface area contributed by atoms with Crippen LogP contribution in [-0.2, 0) is 6.42 Å². The van der Waals surface area contributed by atoms with Crippen molar-refractivity contribution in [3.8, 4) is 17.2 Å². The van der Waals surface area contributed by atoms with Crippen molar-refractivity contribution in [2.75, 3.05) is 28.9 Å². The van der Waals surface area contributed by atoms with E-state index < -0.39 is 0 Å². The summed E-state index contributed by atoms with van der Waals surface area (Å²) in [4.78, 5) is 7.06. The predicted molar refractivity (Wildman–Crippen MR) is 279 cm³/mol. The summed E-state index contributed by atoms with van der Waals surface area (Å²) in [6.45, 7) is 2.35. The van der Waals surface area contributed by atoms with Gasteiger partial charge in [0.25, 0.3) is 0 Å². The van der Waals surface area contributed by atoms with E-state index in [-0.39, 0.29) is 5.92 Å². The molecule has 1 aliphatic carbocycles. The molecule has 0 aliphatic heterocycles. The van der Waals surface area contributed by atoms with Crippen LogP contribution in [0.2, 0.25) is 0 Å². The van der Waals surface area contributed by atoms with Crippen molar-refractivity contribution in [1.29, 1.82) is 0 Å². The lowest BCUT2D eigenvalue weighted by Gasteiger charge is -2.34. The van der Waals surface area contributed by atoms with Gasteiger partial charge in [-0.3, -0.25) is 0 Å². The van der Waals surface area contributed by atoms with E-state index in [0.29, 0.717) is 0 Å². The molecule has 10 aromatic rings. The number of benzene rings is 9. The predicted octanol–water partition coefficient (Wildman–Crippen LogP) is 16.1. The number of allylic oxidation sites excluding steroid dienone is 1. The highest BCUT2D eigenvalue weighted by Crippen LogP contribution is 2.46. The van der Waals surface area contributed by atoms with Crippen LogP contribution >= 0.6 is 0 Å². The van der Waals surface area contributed by atoms with E-state index in [1.54, 1.807) is 14.2 Å². The molecule has 1 aromatic heterocycles. The van der Waals surface area contributed by atoms with Gasteiger partial charge in [0.15, 0.2) is 0 Å². The van der Waals surface area contributed by atoms with Crippen molar-refractivity contribution < 1.29 is 9.47 Å². The Hall–Kier alpha value is -8.48. The Morgan fingerprint density at radius 2 is 0.881 bits per heavy atom. The third kappa shape index (κ3) is 7.83. The van der Waals surface area contributed by atoms with Crippen molar-refractivity contribution >= 4 is 73.3 Å². The molecule has 11 rings (SSSR count). The maximum Gasteiger partial charge on any atom is 0.120 e. The molecule has 6 nitrogen and oxygen atoms in total. The molecule has 9 aromatic carbocycles. The van der Waals surface area contributed by atoms with Crippen molar-refractivity contribution in [1.82, 2.24) is 4.57 Å². The molecule has 0 amide bonds. The summed E-state index contributed by atoms with van der Waals surface area (Å²) in [5.74, 6) is 1.79. The maximum atomic E-state index is 5.77. The van der Waals surface area contributed by atoms with Gasteiger partial charge in [0.05, 0.1) is 19.7 Å². The Labute approximate surface area is 392 Å². The molecule has 326 valence electrons. The summed E-state index contributed by atoms with van der Waals surface area (Å²) >= 11 is 0. The van der Waals surface area contributed by atoms with Crippen molar-refractivity contribution in [2.45, 2.75) is 13.3 Å². The van der Waals surface area contributed by atoms with Crippen LogP contribution < -0.4 is 24.2 Å². The summed E-state index contributed by atoms with van der Waals surface area (Å²) in [6, 6.07) is 79.8. The Morgan fingerprint density at radius 1 is 0.418 bits per heavy atom. The summed E-state index contributed by atoms with van der Waals surface area (Å²) in [5, 5.41) is 3.60. The van der Waals surface area contributed by atoms with Crippen LogP contribution in [-0.4, -0.2) is 18.8 Å². The lowest BCUT2D eigenvalue weighted by Crippen LogP contribution is -2.25. The number of anilines is 8. The Morgan fingerprint density at radius 3 is 1.49 bits per heavy atom. The monoisotopic (exact) mass is 870 g/mol. The minimum atomic E-state index is 0.166. The van der Waals surface area contributed by atoms with Crippen LogP contribution in [0.3, 0.4) is 0 Å². The molecule has 1 unspecified atom stereocenters. The highest BCUT2D eigenvalue weighted by molar-refractivity contribution is 5.98. The van der Waals surface area contributed by atoms with Gasteiger partial charge in [-0.25, -0.2) is 0 Å². The van der Waals surface area contributed by atoms with Gasteiger partial charge >= 0.3 is 0 Å². The van der Waals surface area contributed by atoms with E-state index in [1.165, 1.54) is 33.1 Å². The summed E-state index contributed by atoms with van der Waals surface area (Å²) in [7, 11) is 3.45. The molecule has 0 bridgehead atoms. The molecule has 0 saturated carbocycles. The fourth-order valence-electron chi connectivity index (χ4n) is 9.76. The molecular formula is C61H50N4O2. The molecule has 1 atom stereocenters. The SMILES string of the molecule is COc1cccc(N(C2=Cc3c(n(-c4ccc(N(c5ccccc5)c5ccc6ccccc6c5)cc4)c4ccc(N(c5ccccc5)c5cccc(OC)c5)cc34)CC2C)c2ccccc2)c1. The Kier molecular flexibility index (Phi) is 11.0. The van der Waals surface area contributed by atoms with Gasteiger partial charge in [0.1, 0.15) is 11.5 Å². The summed E-state index contributed by atoms with van der Waals surface area (Å²) in [6.07, 6.45) is 3.26. The third-order valence-electron chi connectivity index (χ3n) is 12.9. The summed E-state index contributed by atoms with van der Waals surface area (Å²) in [5.41, 5.74) is 14.5. The van der Waals surface area contributed by atoms with E-state index in [4.69, 9.17) is 9.47 Å². The molecule has 67 heavy (non-hydrogen) atoms. The zero-order valence-electron chi connectivity index (χ0n) is 37.8. The lowest BCUT2D eigenvalue weighted by atomic mass is 9.89. The van der Waals surface area contributed by atoms with Crippen LogP contribution in [0.15, 0.2) is 230 Å². The largest absolute Gasteiger partial charge is 0.497 e. The standard InChI is InChI=1S/C61H50N4O2/c1-43-37-61-58(42-60(43)64(48-23-11-6-12-24-48)52-26-16-28-56(40-52)67-3)57-41-54(63(47-21-9-5-10-22-47)51-25-15-27-55(39-51)66-2)35-36-59(57)65(61)50-33-31-49(32-34-50)62(46-19-7-4-8-20-46)53-30-29-44-17-13-14-18-45(44)38-53/h4-36,38-43H,37H2,1-3H3. The van der Waals surface area contributed by atoms with Gasteiger partial charge in [-0.05, 0) is 139 Å². The second kappa shape index (κ2) is 17.8. The smallest absolute Gasteiger partial charge is 0.120 e. The second-order valence-corrected chi connectivity index (χ2v) is 17.0. The van der Waals surface area contributed by atoms with Gasteiger partial charge in [0, 0.05) is 91.6 Å². The quantitative estimate of drug-likeness (QED) is 0.122. The molecule has 1 aliphatic rings. The number of ether oxygens (including phenoxy) is 2. The van der Waals surface area contributed by atoms with E-state index in [2.05, 4.69) is 245 Å². The highest BCUT2D eigenvalue weighted by atomic mass is 16.5. The number of aromatic nitrogens is 1. The molecule has 1 heterocycles. The molecule has 0 N–H and O–H groups in total. The first-order chi connectivity index (χ1) is 33.0. The lowest BCUT2D eigenvalue weighted by molar-refractivity contribution is 0.415. The normalized spacial score (nSPS) is 13.2. The van der Waals surface area contributed by atoms with Gasteiger partial charge in [-0.1, -0.05) is 104 Å². The average molecular weight is 871 g/mol. The number of hydrogen-bond donors (Lipinski definition) is 0. The molecule has 0 saturated heterocycles. The van der Waals surface area contributed by atoms with Gasteiger partial charge in [-0.2, -0.15) is 0 Å². The van der Waals surface area contributed by atoms with Gasteiger partial charge < -0.3 is 28.7 Å². The van der Waals surface area contributed by atoms with E-state index >= 15 is 0 Å². The zero-order valence-corrected chi connectivity index (χ0v) is 37.8. The number of rotatable bonds is 12. The van der Waals surface area contributed by atoms with Crippen molar-refractivity contribution in [3.63, 3.8) is 0 Å². The Balaban J connectivity index is 1.11. The summed E-state index contributed by atoms with van der Waals surface area (Å²) < 4.78 is 14.0. The van der Waals surface area contributed by atoms with E-state index in [9.17, 15) is 0 Å². The fourth-order valence-corrected chi connectivity index (χ4v) is 9.76. The highest BCUT2D eigenvalue weighted by Gasteiger charge is 2.30. The molecule has 0 fully saturated rings. The first kappa shape index (κ1) is 41.2. The molecule has 6 heteroatoms.